The first kappa shape index (κ1) is 10.1. The molecular formula is C10H13NOS. The average molecular weight is 195 g/mol. The van der Waals surface area contributed by atoms with E-state index < -0.39 is 0 Å². The van der Waals surface area contributed by atoms with E-state index in [1.165, 1.54) is 0 Å². The van der Waals surface area contributed by atoms with Gasteiger partial charge >= 0.3 is 0 Å². The lowest BCUT2D eigenvalue weighted by molar-refractivity contribution is 0.112. The van der Waals surface area contributed by atoms with E-state index in [0.29, 0.717) is 10.2 Å². The summed E-state index contributed by atoms with van der Waals surface area (Å²) in [5, 5.41) is 0. The third-order valence-electron chi connectivity index (χ3n) is 1.83. The van der Waals surface area contributed by atoms with Crippen molar-refractivity contribution in [2.45, 2.75) is 26.3 Å². The maximum absolute atomic E-state index is 10.6. The molecule has 0 atom stereocenters. The van der Waals surface area contributed by atoms with Crippen LogP contribution in [-0.4, -0.2) is 10.9 Å². The summed E-state index contributed by atoms with van der Waals surface area (Å²) in [5.74, 6) is 0. The predicted molar refractivity (Wildman–Crippen MR) is 55.6 cm³/mol. The zero-order chi connectivity index (χ0) is 10.1. The van der Waals surface area contributed by atoms with Crippen LogP contribution in [0.25, 0.3) is 0 Å². The Hall–Kier alpha value is -0.960. The molecule has 0 fully saturated rings. The number of rotatable bonds is 1. The van der Waals surface area contributed by atoms with Gasteiger partial charge in [0.2, 0.25) is 0 Å². The third-order valence-corrected chi connectivity index (χ3v) is 2.26. The summed E-state index contributed by atoms with van der Waals surface area (Å²) in [6.07, 6.45) is 2.69. The Balaban J connectivity index is 3.41. The number of nitrogens with zero attached hydrogens (tertiary/aromatic N) is 1. The minimum atomic E-state index is -0.0733. The molecule has 1 heterocycles. The van der Waals surface area contributed by atoms with Crippen LogP contribution in [0.15, 0.2) is 18.3 Å². The molecule has 0 bridgehead atoms. The summed E-state index contributed by atoms with van der Waals surface area (Å²) < 4.78 is 2.52. The molecule has 1 aromatic heterocycles. The van der Waals surface area contributed by atoms with Crippen molar-refractivity contribution >= 4 is 18.5 Å². The maximum Gasteiger partial charge on any atom is 0.153 e. The van der Waals surface area contributed by atoms with Crippen LogP contribution in [0.5, 0.6) is 0 Å². The molecule has 1 aromatic rings. The molecule has 0 amide bonds. The molecule has 70 valence electrons. The summed E-state index contributed by atoms with van der Waals surface area (Å²) in [6.45, 7) is 6.16. The van der Waals surface area contributed by atoms with E-state index in [2.05, 4.69) is 20.8 Å². The van der Waals surface area contributed by atoms with Crippen molar-refractivity contribution in [2.75, 3.05) is 0 Å². The van der Waals surface area contributed by atoms with Gasteiger partial charge in [0.15, 0.2) is 6.29 Å². The lowest BCUT2D eigenvalue weighted by Crippen LogP contribution is -2.22. The van der Waals surface area contributed by atoms with E-state index in [4.69, 9.17) is 12.2 Å². The second-order valence-electron chi connectivity index (χ2n) is 3.93. The zero-order valence-corrected chi connectivity index (χ0v) is 8.89. The van der Waals surface area contributed by atoms with Crippen LogP contribution in [0.3, 0.4) is 0 Å². The van der Waals surface area contributed by atoms with E-state index in [9.17, 15) is 4.79 Å². The third kappa shape index (κ3) is 2.04. The molecule has 0 unspecified atom stereocenters. The number of carbonyl (C=O) groups excluding carboxylic acids is 1. The Morgan fingerprint density at radius 1 is 1.46 bits per heavy atom. The summed E-state index contributed by atoms with van der Waals surface area (Å²) in [4.78, 5) is 10.6. The van der Waals surface area contributed by atoms with Gasteiger partial charge in [-0.3, -0.25) is 4.79 Å². The smallest absolute Gasteiger partial charge is 0.153 e. The minimum Gasteiger partial charge on any atom is -0.333 e. The molecule has 1 rings (SSSR count). The highest BCUT2D eigenvalue weighted by atomic mass is 32.1. The highest BCUT2D eigenvalue weighted by Gasteiger charge is 2.13. The standard InChI is InChI=1S/C10H13NOS/c1-10(2,3)11-6-4-5-8(7-12)9(11)13/h4-7H,1-3H3. The fraction of sp³-hybridized carbons (Fsp3) is 0.400. The summed E-state index contributed by atoms with van der Waals surface area (Å²) in [7, 11) is 0. The van der Waals surface area contributed by atoms with Crippen LogP contribution >= 0.6 is 12.2 Å². The SMILES string of the molecule is CC(C)(C)n1cccc(C=O)c1=S. The van der Waals surface area contributed by atoms with E-state index in [1.807, 2.05) is 16.8 Å². The van der Waals surface area contributed by atoms with Gasteiger partial charge < -0.3 is 4.57 Å². The normalized spacial score (nSPS) is 11.3. The van der Waals surface area contributed by atoms with Crippen LogP contribution in [0, 0.1) is 4.64 Å². The first-order valence-electron chi connectivity index (χ1n) is 4.14. The van der Waals surface area contributed by atoms with E-state index in [-0.39, 0.29) is 5.54 Å². The molecule has 3 heteroatoms. The molecule has 0 aliphatic carbocycles. The number of pyridine rings is 1. The molecule has 0 saturated heterocycles. The lowest BCUT2D eigenvalue weighted by Gasteiger charge is -2.23. The second-order valence-corrected chi connectivity index (χ2v) is 4.31. The predicted octanol–water partition coefficient (Wildman–Crippen LogP) is 2.79. The molecule has 0 spiro atoms. The van der Waals surface area contributed by atoms with Gasteiger partial charge in [0.1, 0.15) is 4.64 Å². The Morgan fingerprint density at radius 3 is 2.54 bits per heavy atom. The van der Waals surface area contributed by atoms with Gasteiger partial charge in [-0.1, -0.05) is 12.2 Å². The number of aldehydes is 1. The first-order chi connectivity index (χ1) is 5.96. The molecule has 2 nitrogen and oxygen atoms in total. The van der Waals surface area contributed by atoms with Gasteiger partial charge in [-0.05, 0) is 32.9 Å². The van der Waals surface area contributed by atoms with Gasteiger partial charge in [-0.2, -0.15) is 0 Å². The van der Waals surface area contributed by atoms with Crippen LogP contribution in [0.2, 0.25) is 0 Å². The number of aromatic nitrogens is 1. The topological polar surface area (TPSA) is 22.0 Å². The molecule has 0 saturated carbocycles. The molecule has 0 aliphatic rings. The average Bonchev–Trinajstić information content (AvgIpc) is 2.02. The second kappa shape index (κ2) is 3.42. The molecule has 13 heavy (non-hydrogen) atoms. The van der Waals surface area contributed by atoms with Gasteiger partial charge in [-0.15, -0.1) is 0 Å². The fourth-order valence-corrected chi connectivity index (χ4v) is 1.58. The highest BCUT2D eigenvalue weighted by Crippen LogP contribution is 2.15. The van der Waals surface area contributed by atoms with Gasteiger partial charge in [0.25, 0.3) is 0 Å². The van der Waals surface area contributed by atoms with E-state index in [0.717, 1.165) is 6.29 Å². The quantitative estimate of drug-likeness (QED) is 0.508. The highest BCUT2D eigenvalue weighted by molar-refractivity contribution is 7.71. The van der Waals surface area contributed by atoms with Crippen molar-refractivity contribution in [3.63, 3.8) is 0 Å². The molecule has 0 N–H and O–H groups in total. The van der Waals surface area contributed by atoms with Crippen LogP contribution in [0.1, 0.15) is 31.1 Å². The number of carbonyl (C=O) groups is 1. The Labute approximate surface area is 83.2 Å². The van der Waals surface area contributed by atoms with Gasteiger partial charge in [-0.25, -0.2) is 0 Å². The van der Waals surface area contributed by atoms with Crippen molar-refractivity contribution in [3.05, 3.63) is 28.5 Å². The zero-order valence-electron chi connectivity index (χ0n) is 8.07. The van der Waals surface area contributed by atoms with Crippen molar-refractivity contribution in [1.82, 2.24) is 4.57 Å². The Bertz CT molecular complexity index is 373. The van der Waals surface area contributed by atoms with Gasteiger partial charge in [0.05, 0.1) is 0 Å². The van der Waals surface area contributed by atoms with Crippen molar-refractivity contribution in [1.29, 1.82) is 0 Å². The summed E-state index contributed by atoms with van der Waals surface area (Å²) >= 11 is 5.17. The minimum absolute atomic E-state index is 0.0733. The number of hydrogen-bond acceptors (Lipinski definition) is 2. The van der Waals surface area contributed by atoms with Crippen molar-refractivity contribution in [2.24, 2.45) is 0 Å². The fourth-order valence-electron chi connectivity index (χ4n) is 1.13. The van der Waals surface area contributed by atoms with E-state index in [1.54, 1.807) is 6.07 Å². The largest absolute Gasteiger partial charge is 0.333 e. The maximum atomic E-state index is 10.6. The van der Waals surface area contributed by atoms with Crippen molar-refractivity contribution in [3.8, 4) is 0 Å². The first-order valence-corrected chi connectivity index (χ1v) is 4.55. The number of hydrogen-bond donors (Lipinski definition) is 0. The molecule has 0 radical (unpaired) electrons. The van der Waals surface area contributed by atoms with E-state index >= 15 is 0 Å². The monoisotopic (exact) mass is 195 g/mol. The van der Waals surface area contributed by atoms with Crippen LogP contribution in [0.4, 0.5) is 0 Å². The summed E-state index contributed by atoms with van der Waals surface area (Å²) in [5.41, 5.74) is 0.503. The molecule has 0 aliphatic heterocycles. The Kier molecular flexibility index (Phi) is 2.66. The molecule has 0 aromatic carbocycles. The lowest BCUT2D eigenvalue weighted by atomic mass is 10.1. The van der Waals surface area contributed by atoms with Crippen LogP contribution in [-0.2, 0) is 5.54 Å². The molecular weight excluding hydrogens is 182 g/mol. The van der Waals surface area contributed by atoms with Gasteiger partial charge in [0, 0.05) is 17.3 Å². The van der Waals surface area contributed by atoms with Crippen molar-refractivity contribution < 1.29 is 4.79 Å². The summed E-state index contributed by atoms with van der Waals surface area (Å²) in [6, 6.07) is 3.57. The van der Waals surface area contributed by atoms with Crippen LogP contribution < -0.4 is 0 Å². The Morgan fingerprint density at radius 2 is 2.08 bits per heavy atom.